The van der Waals surface area contributed by atoms with E-state index in [2.05, 4.69) is 20.3 Å². The fourth-order valence-corrected chi connectivity index (χ4v) is 2.97. The van der Waals surface area contributed by atoms with E-state index in [-0.39, 0.29) is 23.6 Å². The molecule has 3 rings (SSSR count). The number of morpholine rings is 1. The summed E-state index contributed by atoms with van der Waals surface area (Å²) in [6.07, 6.45) is 2.99. The summed E-state index contributed by atoms with van der Waals surface area (Å²) in [5, 5.41) is 7.10. The van der Waals surface area contributed by atoms with Crippen LogP contribution in [0.25, 0.3) is 0 Å². The topological polar surface area (TPSA) is 92.2 Å². The molecule has 2 aromatic rings. The Bertz CT molecular complexity index is 749. The molecule has 128 valence electrons. The van der Waals surface area contributed by atoms with Crippen LogP contribution in [0.3, 0.4) is 0 Å². The molecule has 2 N–H and O–H groups in total. The Kier molecular flexibility index (Phi) is 4.77. The molecule has 2 aromatic heterocycles. The normalized spacial score (nSPS) is 21.6. The number of nitrogens with zero attached hydrogens (tertiary/aromatic N) is 3. The van der Waals surface area contributed by atoms with Gasteiger partial charge in [0.15, 0.2) is 0 Å². The third-order valence-electron chi connectivity index (χ3n) is 4.28. The number of aromatic nitrogens is 3. The molecule has 1 aliphatic heterocycles. The third-order valence-corrected chi connectivity index (χ3v) is 4.28. The zero-order valence-corrected chi connectivity index (χ0v) is 13.7. The van der Waals surface area contributed by atoms with E-state index in [9.17, 15) is 9.59 Å². The molecule has 0 spiro atoms. The van der Waals surface area contributed by atoms with Crippen LogP contribution in [0.2, 0.25) is 0 Å². The summed E-state index contributed by atoms with van der Waals surface area (Å²) < 4.78 is 7.72. The van der Waals surface area contributed by atoms with Crippen LogP contribution < -0.4 is 10.9 Å². The van der Waals surface area contributed by atoms with Crippen molar-refractivity contribution >= 4 is 5.91 Å². The van der Waals surface area contributed by atoms with Crippen molar-refractivity contribution in [1.82, 2.24) is 25.0 Å². The van der Waals surface area contributed by atoms with Gasteiger partial charge in [0, 0.05) is 38.6 Å². The van der Waals surface area contributed by atoms with Crippen LogP contribution in [0.4, 0.5) is 0 Å². The molecule has 0 bridgehead atoms. The number of aromatic amines is 1. The highest BCUT2D eigenvalue weighted by Gasteiger charge is 2.33. The lowest BCUT2D eigenvalue weighted by Gasteiger charge is -2.39. The molecule has 2 atom stereocenters. The molecule has 0 radical (unpaired) electrons. The predicted octanol–water partition coefficient (Wildman–Crippen LogP) is -0.0899. The van der Waals surface area contributed by atoms with Crippen LogP contribution in [0.1, 0.15) is 22.1 Å². The summed E-state index contributed by atoms with van der Waals surface area (Å²) in [5.74, 6) is -0.244. The highest BCUT2D eigenvalue weighted by molar-refractivity contribution is 5.93. The molecule has 1 aliphatic rings. The van der Waals surface area contributed by atoms with Gasteiger partial charge in [-0.3, -0.25) is 19.2 Å². The number of hydrogen-bond acceptors (Lipinski definition) is 5. The van der Waals surface area contributed by atoms with Crippen molar-refractivity contribution in [2.24, 2.45) is 7.05 Å². The number of carbonyl (C=O) groups is 1. The fraction of sp³-hybridized carbons (Fsp3) is 0.438. The van der Waals surface area contributed by atoms with Crippen LogP contribution in [-0.4, -0.2) is 58.4 Å². The number of rotatable bonds is 4. The minimum Gasteiger partial charge on any atom is -0.373 e. The summed E-state index contributed by atoms with van der Waals surface area (Å²) in [7, 11) is 3.94. The molecule has 0 aliphatic carbocycles. The van der Waals surface area contributed by atoms with Gasteiger partial charge in [-0.25, -0.2) is 0 Å². The van der Waals surface area contributed by atoms with Crippen molar-refractivity contribution in [3.8, 4) is 0 Å². The van der Waals surface area contributed by atoms with Gasteiger partial charge in [-0.05, 0) is 19.2 Å². The van der Waals surface area contributed by atoms with Crippen molar-refractivity contribution in [2.75, 3.05) is 26.7 Å². The van der Waals surface area contributed by atoms with E-state index in [0.29, 0.717) is 18.7 Å². The first kappa shape index (κ1) is 16.4. The van der Waals surface area contributed by atoms with Gasteiger partial charge in [0.05, 0.1) is 30.0 Å². The van der Waals surface area contributed by atoms with Crippen LogP contribution >= 0.6 is 0 Å². The van der Waals surface area contributed by atoms with E-state index in [4.69, 9.17) is 4.74 Å². The minimum absolute atomic E-state index is 0.0159. The number of ether oxygens (including phenoxy) is 1. The fourth-order valence-electron chi connectivity index (χ4n) is 2.97. The van der Waals surface area contributed by atoms with Gasteiger partial charge in [0.2, 0.25) is 5.56 Å². The summed E-state index contributed by atoms with van der Waals surface area (Å²) >= 11 is 0. The van der Waals surface area contributed by atoms with Crippen molar-refractivity contribution < 1.29 is 9.53 Å². The molecular formula is C16H21N5O3. The molecule has 1 amide bonds. The zero-order valence-electron chi connectivity index (χ0n) is 13.7. The van der Waals surface area contributed by atoms with E-state index in [0.717, 1.165) is 12.2 Å². The van der Waals surface area contributed by atoms with Crippen LogP contribution in [-0.2, 0) is 11.8 Å². The molecule has 8 heteroatoms. The first-order chi connectivity index (χ1) is 11.6. The summed E-state index contributed by atoms with van der Waals surface area (Å²) in [4.78, 5) is 28.0. The number of H-pyrrole nitrogens is 1. The van der Waals surface area contributed by atoms with E-state index in [1.807, 2.05) is 24.8 Å². The molecule has 0 aromatic carbocycles. The van der Waals surface area contributed by atoms with Crippen LogP contribution in [0, 0.1) is 0 Å². The molecule has 3 heterocycles. The van der Waals surface area contributed by atoms with Crippen LogP contribution in [0.15, 0.2) is 35.4 Å². The Morgan fingerprint density at radius 2 is 2.25 bits per heavy atom. The molecule has 1 fully saturated rings. The van der Waals surface area contributed by atoms with Crippen molar-refractivity contribution in [2.45, 2.75) is 12.1 Å². The average molecular weight is 331 g/mol. The Labute approximate surface area is 139 Å². The minimum atomic E-state index is -0.244. The molecular weight excluding hydrogens is 310 g/mol. The lowest BCUT2D eigenvalue weighted by atomic mass is 10.0. The van der Waals surface area contributed by atoms with E-state index in [1.165, 1.54) is 18.3 Å². The van der Waals surface area contributed by atoms with Gasteiger partial charge in [0.25, 0.3) is 5.91 Å². The van der Waals surface area contributed by atoms with Crippen molar-refractivity contribution in [1.29, 1.82) is 0 Å². The van der Waals surface area contributed by atoms with Crippen molar-refractivity contribution in [3.63, 3.8) is 0 Å². The Morgan fingerprint density at radius 1 is 1.42 bits per heavy atom. The van der Waals surface area contributed by atoms with Gasteiger partial charge in [-0.1, -0.05) is 0 Å². The van der Waals surface area contributed by atoms with E-state index >= 15 is 0 Å². The Morgan fingerprint density at radius 3 is 2.92 bits per heavy atom. The second-order valence-corrected chi connectivity index (χ2v) is 5.87. The molecule has 0 unspecified atom stereocenters. The van der Waals surface area contributed by atoms with Gasteiger partial charge in [-0.15, -0.1) is 0 Å². The number of aryl methyl sites for hydroxylation is 1. The van der Waals surface area contributed by atoms with Gasteiger partial charge in [0.1, 0.15) is 0 Å². The van der Waals surface area contributed by atoms with Crippen LogP contribution in [0.5, 0.6) is 0 Å². The zero-order chi connectivity index (χ0) is 17.1. The quantitative estimate of drug-likeness (QED) is 0.817. The highest BCUT2D eigenvalue weighted by atomic mass is 16.5. The summed E-state index contributed by atoms with van der Waals surface area (Å²) in [6, 6.07) is 4.81. The Balaban J connectivity index is 1.70. The molecule has 0 saturated carbocycles. The lowest BCUT2D eigenvalue weighted by molar-refractivity contribution is -0.0629. The number of pyridine rings is 1. The third kappa shape index (κ3) is 3.39. The second kappa shape index (κ2) is 6.98. The SMILES string of the molecule is CN1CCO[C@@H](CNC(=O)c2ccc(=O)[nH]c2)[C@@H]1c1ccnn1C. The molecule has 24 heavy (non-hydrogen) atoms. The molecule has 1 saturated heterocycles. The summed E-state index contributed by atoms with van der Waals surface area (Å²) in [5.41, 5.74) is 1.22. The highest BCUT2D eigenvalue weighted by Crippen LogP contribution is 2.27. The lowest BCUT2D eigenvalue weighted by Crippen LogP contribution is -2.48. The number of nitrogens with one attached hydrogen (secondary N) is 2. The standard InChI is InChI=1S/C16H21N5O3/c1-20-7-8-24-13(15(20)12-5-6-19-21(12)2)10-18-16(23)11-3-4-14(22)17-9-11/h3-6,9,13,15H,7-8,10H2,1-2H3,(H,17,22)(H,18,23)/t13-,15-/m0/s1. The Hall–Kier alpha value is -2.45. The maximum Gasteiger partial charge on any atom is 0.252 e. The maximum atomic E-state index is 12.2. The number of carbonyl (C=O) groups excluding carboxylic acids is 1. The number of likely N-dealkylation sites (N-methyl/N-ethyl adjacent to an activating group) is 1. The van der Waals surface area contributed by atoms with Gasteiger partial charge < -0.3 is 15.0 Å². The smallest absolute Gasteiger partial charge is 0.252 e. The van der Waals surface area contributed by atoms with E-state index in [1.54, 1.807) is 6.20 Å². The number of amides is 1. The molecule has 8 nitrogen and oxygen atoms in total. The largest absolute Gasteiger partial charge is 0.373 e. The first-order valence-corrected chi connectivity index (χ1v) is 7.83. The average Bonchev–Trinajstić information content (AvgIpc) is 2.99. The second-order valence-electron chi connectivity index (χ2n) is 5.87. The predicted molar refractivity (Wildman–Crippen MR) is 87.7 cm³/mol. The van der Waals surface area contributed by atoms with Crippen molar-refractivity contribution in [3.05, 3.63) is 52.2 Å². The number of hydrogen-bond donors (Lipinski definition) is 2. The maximum absolute atomic E-state index is 12.2. The van der Waals surface area contributed by atoms with Gasteiger partial charge >= 0.3 is 0 Å². The first-order valence-electron chi connectivity index (χ1n) is 7.83. The summed E-state index contributed by atoms with van der Waals surface area (Å²) in [6.45, 7) is 1.81. The van der Waals surface area contributed by atoms with E-state index < -0.39 is 0 Å². The monoisotopic (exact) mass is 331 g/mol. The van der Waals surface area contributed by atoms with Gasteiger partial charge in [-0.2, -0.15) is 5.10 Å².